The Labute approximate surface area is 151 Å². The number of hydrogen-bond donors (Lipinski definition) is 2. The van der Waals surface area contributed by atoms with Gasteiger partial charge in [-0.3, -0.25) is 0 Å². The van der Waals surface area contributed by atoms with Gasteiger partial charge in [0.05, 0.1) is 0 Å². The first-order valence-electron chi connectivity index (χ1n) is 7.43. The average Bonchev–Trinajstić information content (AvgIpc) is 2.85. The molecule has 3 rings (SSSR count). The zero-order chi connectivity index (χ0) is 15.9. The molecule has 5 heteroatoms. The van der Waals surface area contributed by atoms with E-state index in [2.05, 4.69) is 60.9 Å². The van der Waals surface area contributed by atoms with Gasteiger partial charge in [0.25, 0.3) is 0 Å². The normalized spacial score (nSPS) is 10.9. The standard InChI is InChI=1S/C17H20N2.2ClH.Zr/c1-3-18-14-5-7-16-12(10-14)9-13-11-15(19-4-2)6-8-17(13)16;;;/h5-8,10-11,18-19H,3-4,9H2,1-2H3;2*1H;/q;;;+2/p-2. The van der Waals surface area contributed by atoms with Crippen LogP contribution in [-0.4, -0.2) is 13.1 Å². The Morgan fingerprint density at radius 2 is 1.27 bits per heavy atom. The molecule has 0 aromatic heterocycles. The summed E-state index contributed by atoms with van der Waals surface area (Å²) >= 11 is -0.826. The summed E-state index contributed by atoms with van der Waals surface area (Å²) in [6, 6.07) is 13.4. The van der Waals surface area contributed by atoms with Crippen LogP contribution in [0.3, 0.4) is 0 Å². The van der Waals surface area contributed by atoms with E-state index >= 15 is 0 Å². The van der Waals surface area contributed by atoms with Gasteiger partial charge in [-0.2, -0.15) is 0 Å². The Hall–Kier alpha value is -0.497. The van der Waals surface area contributed by atoms with Crippen molar-refractivity contribution in [2.75, 3.05) is 23.7 Å². The summed E-state index contributed by atoms with van der Waals surface area (Å²) in [5, 5.41) is 6.77. The van der Waals surface area contributed by atoms with E-state index in [0.29, 0.717) is 0 Å². The van der Waals surface area contributed by atoms with E-state index in [1.165, 1.54) is 33.6 Å². The van der Waals surface area contributed by atoms with Crippen LogP contribution >= 0.6 is 17.0 Å². The van der Waals surface area contributed by atoms with Gasteiger partial charge in [-0.05, 0) is 66.8 Å². The van der Waals surface area contributed by atoms with Crippen LogP contribution in [0.4, 0.5) is 11.4 Å². The van der Waals surface area contributed by atoms with Crippen LogP contribution < -0.4 is 10.6 Å². The zero-order valence-corrected chi connectivity index (χ0v) is 16.8. The number of fused-ring (bicyclic) bond motifs is 3. The molecule has 0 radical (unpaired) electrons. The third-order valence-corrected chi connectivity index (χ3v) is 3.64. The second kappa shape index (κ2) is 8.96. The fourth-order valence-corrected chi connectivity index (χ4v) is 2.84. The molecule has 0 heterocycles. The third-order valence-electron chi connectivity index (χ3n) is 3.64. The van der Waals surface area contributed by atoms with Crippen molar-refractivity contribution in [1.82, 2.24) is 0 Å². The molecule has 0 aliphatic heterocycles. The molecule has 0 saturated carbocycles. The number of rotatable bonds is 4. The Morgan fingerprint density at radius 1 is 0.864 bits per heavy atom. The van der Waals surface area contributed by atoms with Crippen molar-refractivity contribution in [3.8, 4) is 11.1 Å². The molecule has 0 saturated heterocycles. The van der Waals surface area contributed by atoms with Crippen molar-refractivity contribution in [2.45, 2.75) is 20.3 Å². The van der Waals surface area contributed by atoms with Crippen molar-refractivity contribution >= 4 is 28.4 Å². The van der Waals surface area contributed by atoms with Gasteiger partial charge < -0.3 is 10.6 Å². The van der Waals surface area contributed by atoms with Gasteiger partial charge in [0, 0.05) is 24.5 Å². The zero-order valence-electron chi connectivity index (χ0n) is 12.8. The Kier molecular flexibility index (Phi) is 7.27. The van der Waals surface area contributed by atoms with Gasteiger partial charge >= 0.3 is 37.9 Å². The van der Waals surface area contributed by atoms with E-state index < -0.39 is 20.8 Å². The summed E-state index contributed by atoms with van der Waals surface area (Å²) in [7, 11) is 9.87. The summed E-state index contributed by atoms with van der Waals surface area (Å²) < 4.78 is 0. The SMILES string of the molecule is CCNc1ccc2c(c1)Cc1cc(NCC)ccc1-2.[Cl][Zr][Cl]. The van der Waals surface area contributed by atoms with Gasteiger partial charge in [0.2, 0.25) is 0 Å². The molecule has 2 nitrogen and oxygen atoms in total. The fourth-order valence-electron chi connectivity index (χ4n) is 2.84. The van der Waals surface area contributed by atoms with Gasteiger partial charge in [-0.25, -0.2) is 0 Å². The quantitative estimate of drug-likeness (QED) is 0.589. The van der Waals surface area contributed by atoms with Gasteiger partial charge in [-0.15, -0.1) is 0 Å². The Morgan fingerprint density at radius 3 is 1.64 bits per heavy atom. The number of nitrogens with one attached hydrogen (secondary N) is 2. The minimum atomic E-state index is -0.826. The first-order valence-corrected chi connectivity index (χ1v) is 13.8. The molecule has 2 N–H and O–H groups in total. The molecular weight excluding hydrogens is 394 g/mol. The summed E-state index contributed by atoms with van der Waals surface area (Å²) in [5.41, 5.74) is 8.09. The van der Waals surface area contributed by atoms with E-state index in [9.17, 15) is 0 Å². The molecule has 2 aromatic carbocycles. The third kappa shape index (κ3) is 4.28. The van der Waals surface area contributed by atoms with E-state index in [4.69, 9.17) is 17.0 Å². The molecule has 1 aliphatic rings. The molecule has 0 unspecified atom stereocenters. The number of anilines is 2. The second-order valence-corrected chi connectivity index (χ2v) is 8.78. The molecule has 116 valence electrons. The van der Waals surface area contributed by atoms with Crippen LogP contribution in [0.15, 0.2) is 36.4 Å². The van der Waals surface area contributed by atoms with Crippen LogP contribution in [0.1, 0.15) is 25.0 Å². The molecule has 2 aromatic rings. The van der Waals surface area contributed by atoms with Crippen LogP contribution in [-0.2, 0) is 27.3 Å². The molecule has 0 atom stereocenters. The van der Waals surface area contributed by atoms with Crippen LogP contribution in [0.2, 0.25) is 0 Å². The van der Waals surface area contributed by atoms with E-state index in [-0.39, 0.29) is 0 Å². The van der Waals surface area contributed by atoms with Crippen molar-refractivity contribution in [1.29, 1.82) is 0 Å². The predicted molar refractivity (Wildman–Crippen MR) is 94.7 cm³/mol. The van der Waals surface area contributed by atoms with Crippen LogP contribution in [0, 0.1) is 0 Å². The molecule has 22 heavy (non-hydrogen) atoms. The fraction of sp³-hybridized carbons (Fsp3) is 0.294. The Bertz CT molecular complexity index is 579. The van der Waals surface area contributed by atoms with Crippen molar-refractivity contribution in [3.05, 3.63) is 47.5 Å². The van der Waals surface area contributed by atoms with Crippen LogP contribution in [0.5, 0.6) is 0 Å². The topological polar surface area (TPSA) is 24.1 Å². The predicted octanol–water partition coefficient (Wildman–Crippen LogP) is 5.50. The van der Waals surface area contributed by atoms with E-state index in [1.54, 1.807) is 0 Å². The van der Waals surface area contributed by atoms with Crippen molar-refractivity contribution in [3.63, 3.8) is 0 Å². The van der Waals surface area contributed by atoms with Crippen molar-refractivity contribution < 1.29 is 20.8 Å². The molecule has 0 amide bonds. The maximum absolute atomic E-state index is 4.93. The summed E-state index contributed by atoms with van der Waals surface area (Å²) in [6.07, 6.45) is 1.04. The molecule has 0 spiro atoms. The first-order chi connectivity index (χ1) is 10.7. The average molecular weight is 414 g/mol. The number of hydrogen-bond acceptors (Lipinski definition) is 2. The monoisotopic (exact) mass is 412 g/mol. The summed E-state index contributed by atoms with van der Waals surface area (Å²) in [4.78, 5) is 0. The van der Waals surface area contributed by atoms with E-state index in [0.717, 1.165) is 19.5 Å². The molecule has 0 bridgehead atoms. The number of benzene rings is 2. The van der Waals surface area contributed by atoms with Gasteiger partial charge in [0.1, 0.15) is 0 Å². The summed E-state index contributed by atoms with van der Waals surface area (Å²) in [6.45, 7) is 6.20. The second-order valence-electron chi connectivity index (χ2n) is 5.05. The van der Waals surface area contributed by atoms with Gasteiger partial charge in [-0.1, -0.05) is 12.1 Å². The number of halogens is 2. The first kappa shape index (κ1) is 17.9. The van der Waals surface area contributed by atoms with E-state index in [1.807, 2.05) is 0 Å². The molecule has 1 aliphatic carbocycles. The van der Waals surface area contributed by atoms with Crippen LogP contribution in [0.25, 0.3) is 11.1 Å². The summed E-state index contributed by atoms with van der Waals surface area (Å²) in [5.74, 6) is 0. The minimum absolute atomic E-state index is 0.826. The molecular formula is C17H20Cl2N2Zr. The van der Waals surface area contributed by atoms with Crippen molar-refractivity contribution in [2.24, 2.45) is 0 Å². The Balaban J connectivity index is 0.000000545. The van der Waals surface area contributed by atoms with Gasteiger partial charge in [0.15, 0.2) is 0 Å². The molecule has 0 fully saturated rings. The maximum atomic E-state index is 4.93.